The van der Waals surface area contributed by atoms with Crippen LogP contribution in [0.15, 0.2) is 47.1 Å². The Morgan fingerprint density at radius 3 is 2.72 bits per heavy atom. The molecule has 2 fully saturated rings. The van der Waals surface area contributed by atoms with Crippen LogP contribution in [0.3, 0.4) is 0 Å². The number of amides is 2. The first-order valence-electron chi connectivity index (χ1n) is 8.44. The fourth-order valence-corrected chi connectivity index (χ4v) is 3.88. The molecule has 2 atom stereocenters. The van der Waals surface area contributed by atoms with Crippen LogP contribution in [-0.4, -0.2) is 29.8 Å². The van der Waals surface area contributed by atoms with E-state index in [4.69, 9.17) is 4.42 Å². The van der Waals surface area contributed by atoms with Crippen molar-refractivity contribution in [2.24, 2.45) is 11.3 Å². The van der Waals surface area contributed by atoms with Crippen molar-refractivity contribution in [2.45, 2.75) is 19.4 Å². The maximum Gasteiger partial charge on any atom is 0.289 e. The number of hydrogen-bond donors (Lipinski definition) is 1. The molecule has 2 heterocycles. The third kappa shape index (κ3) is 2.71. The summed E-state index contributed by atoms with van der Waals surface area (Å²) < 4.78 is 18.1. The average molecular weight is 342 g/mol. The Hall–Kier alpha value is -2.63. The van der Waals surface area contributed by atoms with Crippen LogP contribution < -0.4 is 5.32 Å². The molecule has 1 saturated carbocycles. The van der Waals surface area contributed by atoms with Gasteiger partial charge in [0.25, 0.3) is 5.91 Å². The maximum absolute atomic E-state index is 13.0. The van der Waals surface area contributed by atoms with Gasteiger partial charge in [0.1, 0.15) is 5.82 Å². The number of fused-ring (bicyclic) bond motifs is 1. The molecule has 0 spiro atoms. The van der Waals surface area contributed by atoms with Crippen molar-refractivity contribution in [1.29, 1.82) is 0 Å². The van der Waals surface area contributed by atoms with E-state index in [1.54, 1.807) is 29.2 Å². The van der Waals surface area contributed by atoms with E-state index < -0.39 is 5.41 Å². The largest absolute Gasteiger partial charge is 0.459 e. The molecule has 2 amide bonds. The van der Waals surface area contributed by atoms with Gasteiger partial charge in [0, 0.05) is 19.6 Å². The number of carbonyl (C=O) groups excluding carboxylic acids is 2. The summed E-state index contributed by atoms with van der Waals surface area (Å²) in [6.07, 6.45) is 3.21. The van der Waals surface area contributed by atoms with Gasteiger partial charge in [-0.1, -0.05) is 12.1 Å². The second kappa shape index (κ2) is 6.02. The van der Waals surface area contributed by atoms with E-state index in [1.165, 1.54) is 18.4 Å². The molecule has 4 rings (SSSR count). The van der Waals surface area contributed by atoms with Crippen LogP contribution in [0.4, 0.5) is 4.39 Å². The zero-order valence-electron chi connectivity index (χ0n) is 13.7. The molecule has 2 unspecified atom stereocenters. The summed E-state index contributed by atoms with van der Waals surface area (Å²) in [6, 6.07) is 9.41. The molecule has 25 heavy (non-hydrogen) atoms. The zero-order chi connectivity index (χ0) is 17.4. The molecule has 1 aliphatic carbocycles. The fourth-order valence-electron chi connectivity index (χ4n) is 3.88. The van der Waals surface area contributed by atoms with E-state index in [1.807, 2.05) is 0 Å². The van der Waals surface area contributed by atoms with Gasteiger partial charge in [-0.25, -0.2) is 4.39 Å². The van der Waals surface area contributed by atoms with Gasteiger partial charge < -0.3 is 14.6 Å². The fraction of sp³-hybridized carbons (Fsp3) is 0.368. The molecule has 130 valence electrons. The predicted octanol–water partition coefficient (Wildman–Crippen LogP) is 2.59. The van der Waals surface area contributed by atoms with Crippen LogP contribution >= 0.6 is 0 Å². The molecule has 2 aromatic rings. The lowest BCUT2D eigenvalue weighted by atomic mass is 9.61. The molecular weight excluding hydrogens is 323 g/mol. The van der Waals surface area contributed by atoms with E-state index >= 15 is 0 Å². The Morgan fingerprint density at radius 2 is 2.08 bits per heavy atom. The number of likely N-dealkylation sites (tertiary alicyclic amines) is 1. The van der Waals surface area contributed by atoms with Crippen molar-refractivity contribution in [2.75, 3.05) is 13.1 Å². The lowest BCUT2D eigenvalue weighted by Crippen LogP contribution is -2.51. The SMILES string of the molecule is O=C(c1ccco1)N1CC2CCC2(C(=O)NCc2ccc(F)cc2)C1. The first kappa shape index (κ1) is 15.9. The molecule has 0 bridgehead atoms. The minimum atomic E-state index is -0.498. The average Bonchev–Trinajstić information content (AvgIpc) is 3.22. The van der Waals surface area contributed by atoms with Crippen molar-refractivity contribution in [3.05, 3.63) is 59.8 Å². The number of rotatable bonds is 4. The summed E-state index contributed by atoms with van der Waals surface area (Å²) in [6.45, 7) is 1.37. The number of nitrogens with one attached hydrogen (secondary N) is 1. The van der Waals surface area contributed by atoms with Crippen LogP contribution in [0.5, 0.6) is 0 Å². The summed E-state index contributed by atoms with van der Waals surface area (Å²) in [5, 5.41) is 2.95. The van der Waals surface area contributed by atoms with Crippen molar-refractivity contribution in [3.8, 4) is 0 Å². The van der Waals surface area contributed by atoms with E-state index in [-0.39, 0.29) is 23.5 Å². The second-order valence-corrected chi connectivity index (χ2v) is 6.86. The Balaban J connectivity index is 1.42. The highest BCUT2D eigenvalue weighted by molar-refractivity contribution is 5.93. The Labute approximate surface area is 144 Å². The number of hydrogen-bond acceptors (Lipinski definition) is 3. The van der Waals surface area contributed by atoms with Crippen molar-refractivity contribution >= 4 is 11.8 Å². The maximum atomic E-state index is 13.0. The van der Waals surface area contributed by atoms with Gasteiger partial charge in [0.15, 0.2) is 5.76 Å². The van der Waals surface area contributed by atoms with Crippen molar-refractivity contribution in [1.82, 2.24) is 10.2 Å². The number of benzene rings is 1. The number of nitrogens with zero attached hydrogens (tertiary/aromatic N) is 1. The Morgan fingerprint density at radius 1 is 1.28 bits per heavy atom. The van der Waals surface area contributed by atoms with E-state index in [9.17, 15) is 14.0 Å². The minimum Gasteiger partial charge on any atom is -0.459 e. The Bertz CT molecular complexity index is 788. The van der Waals surface area contributed by atoms with Crippen molar-refractivity contribution in [3.63, 3.8) is 0 Å². The summed E-state index contributed by atoms with van der Waals surface area (Å²) in [7, 11) is 0. The molecule has 1 saturated heterocycles. The van der Waals surface area contributed by atoms with Gasteiger partial charge in [0.05, 0.1) is 11.7 Å². The third-order valence-corrected chi connectivity index (χ3v) is 5.47. The zero-order valence-corrected chi connectivity index (χ0v) is 13.7. The second-order valence-electron chi connectivity index (χ2n) is 6.86. The van der Waals surface area contributed by atoms with Crippen LogP contribution in [0.25, 0.3) is 0 Å². The number of halogens is 1. The monoisotopic (exact) mass is 342 g/mol. The molecule has 5 nitrogen and oxygen atoms in total. The summed E-state index contributed by atoms with van der Waals surface area (Å²) in [5.74, 6) is 0.0198. The molecule has 2 aliphatic rings. The molecule has 0 radical (unpaired) electrons. The highest BCUT2D eigenvalue weighted by atomic mass is 19.1. The van der Waals surface area contributed by atoms with E-state index in [2.05, 4.69) is 5.32 Å². The predicted molar refractivity (Wildman–Crippen MR) is 88.0 cm³/mol. The number of carbonyl (C=O) groups is 2. The van der Waals surface area contributed by atoms with E-state index in [0.717, 1.165) is 18.4 Å². The quantitative estimate of drug-likeness (QED) is 0.929. The van der Waals surface area contributed by atoms with Gasteiger partial charge in [-0.2, -0.15) is 0 Å². The topological polar surface area (TPSA) is 62.6 Å². The van der Waals surface area contributed by atoms with Gasteiger partial charge in [-0.3, -0.25) is 9.59 Å². The van der Waals surface area contributed by atoms with Crippen LogP contribution in [0.2, 0.25) is 0 Å². The highest BCUT2D eigenvalue weighted by Crippen LogP contribution is 2.52. The molecule has 1 aromatic heterocycles. The standard InChI is InChI=1S/C19H19FN2O3/c20-15-5-3-13(4-6-15)10-21-18(24)19-8-7-14(19)11-22(12-19)17(23)16-2-1-9-25-16/h1-6,9,14H,7-8,10-12H2,(H,21,24). The molecule has 1 aliphatic heterocycles. The van der Waals surface area contributed by atoms with Crippen LogP contribution in [0.1, 0.15) is 29.0 Å². The van der Waals surface area contributed by atoms with E-state index in [0.29, 0.717) is 25.4 Å². The molecule has 1 N–H and O–H groups in total. The highest BCUT2D eigenvalue weighted by Gasteiger charge is 2.58. The molecule has 1 aromatic carbocycles. The van der Waals surface area contributed by atoms with Crippen LogP contribution in [0, 0.1) is 17.2 Å². The van der Waals surface area contributed by atoms with Crippen molar-refractivity contribution < 1.29 is 18.4 Å². The molecular formula is C19H19FN2O3. The summed E-state index contributed by atoms with van der Waals surface area (Å²) in [4.78, 5) is 27.0. The summed E-state index contributed by atoms with van der Waals surface area (Å²) >= 11 is 0. The van der Waals surface area contributed by atoms with Gasteiger partial charge in [0.2, 0.25) is 5.91 Å². The normalized spacial score (nSPS) is 24.5. The first-order chi connectivity index (χ1) is 12.1. The van der Waals surface area contributed by atoms with Gasteiger partial charge >= 0.3 is 0 Å². The lowest BCUT2D eigenvalue weighted by molar-refractivity contribution is -0.138. The molecule has 6 heteroatoms. The number of furan rings is 1. The smallest absolute Gasteiger partial charge is 0.289 e. The summed E-state index contributed by atoms with van der Waals surface area (Å²) in [5.41, 5.74) is 0.353. The Kier molecular flexibility index (Phi) is 3.82. The minimum absolute atomic E-state index is 0.0252. The van der Waals surface area contributed by atoms with Gasteiger partial charge in [-0.05, 0) is 48.6 Å². The third-order valence-electron chi connectivity index (χ3n) is 5.47. The van der Waals surface area contributed by atoms with Gasteiger partial charge in [-0.15, -0.1) is 0 Å². The van der Waals surface area contributed by atoms with Crippen LogP contribution in [-0.2, 0) is 11.3 Å². The first-order valence-corrected chi connectivity index (χ1v) is 8.44. The lowest BCUT2D eigenvalue weighted by Gasteiger charge is -2.42.